The average Bonchev–Trinajstić information content (AvgIpc) is 2.37. The Morgan fingerprint density at radius 3 is 2.68 bits per heavy atom. The van der Waals surface area contributed by atoms with E-state index in [0.717, 1.165) is 0 Å². The van der Waals surface area contributed by atoms with Crippen LogP contribution in [0.2, 0.25) is 0 Å². The van der Waals surface area contributed by atoms with E-state index in [-0.39, 0.29) is 29.2 Å². The summed E-state index contributed by atoms with van der Waals surface area (Å²) in [5, 5.41) is 9.02. The molecule has 1 rings (SSSR count). The van der Waals surface area contributed by atoms with Gasteiger partial charge in [0, 0.05) is 5.56 Å². The van der Waals surface area contributed by atoms with E-state index in [1.54, 1.807) is 13.0 Å². The summed E-state index contributed by atoms with van der Waals surface area (Å²) in [6.07, 6.45) is 0. The van der Waals surface area contributed by atoms with Gasteiger partial charge in [0.2, 0.25) is 0 Å². The predicted octanol–water partition coefficient (Wildman–Crippen LogP) is 3.08. The molecule has 0 aliphatic heterocycles. The van der Waals surface area contributed by atoms with E-state index in [1.165, 1.54) is 12.1 Å². The number of benzene rings is 1. The number of nitriles is 1. The normalized spacial score (nSPS) is 10.1. The number of ether oxygens (including phenoxy) is 2. The summed E-state index contributed by atoms with van der Waals surface area (Å²) in [4.78, 5) is 11.6. The molecule has 0 saturated carbocycles. The van der Waals surface area contributed by atoms with Gasteiger partial charge in [-0.1, -0.05) is 6.07 Å². The number of hydrogen-bond donors (Lipinski definition) is 0. The second-order valence-corrected chi connectivity index (χ2v) is 3.59. The van der Waals surface area contributed by atoms with E-state index in [4.69, 9.17) is 21.6 Å². The summed E-state index contributed by atoms with van der Waals surface area (Å²) >= 11 is 5.59. The van der Waals surface area contributed by atoms with Crippen LogP contribution in [-0.4, -0.2) is 19.2 Å². The lowest BCUT2D eigenvalue weighted by molar-refractivity contribution is -0.0506. The molecule has 0 amide bonds. The maximum atomic E-state index is 12.3. The summed E-state index contributed by atoms with van der Waals surface area (Å²) in [7, 11) is 0. The number of halogens is 3. The van der Waals surface area contributed by atoms with Crippen molar-refractivity contribution in [2.45, 2.75) is 19.4 Å². The number of esters is 1. The molecule has 0 saturated heterocycles. The van der Waals surface area contributed by atoms with Gasteiger partial charge in [0.1, 0.15) is 17.4 Å². The summed E-state index contributed by atoms with van der Waals surface area (Å²) in [6, 6.07) is 4.31. The molecule has 0 aliphatic carbocycles. The number of carbonyl (C=O) groups excluding carboxylic acids is 1. The van der Waals surface area contributed by atoms with Crippen LogP contribution in [0.1, 0.15) is 28.4 Å². The van der Waals surface area contributed by atoms with Gasteiger partial charge in [-0.15, -0.1) is 11.6 Å². The molecule has 19 heavy (non-hydrogen) atoms. The van der Waals surface area contributed by atoms with Crippen LogP contribution in [0.3, 0.4) is 0 Å². The number of rotatable bonds is 5. The number of carbonyl (C=O) groups is 1. The third-order valence-electron chi connectivity index (χ3n) is 2.20. The van der Waals surface area contributed by atoms with Gasteiger partial charge in [-0.2, -0.15) is 14.0 Å². The highest BCUT2D eigenvalue weighted by atomic mass is 35.5. The zero-order chi connectivity index (χ0) is 14.4. The highest BCUT2D eigenvalue weighted by molar-refractivity contribution is 6.17. The lowest BCUT2D eigenvalue weighted by Crippen LogP contribution is -2.12. The molecule has 0 aromatic heterocycles. The molecule has 0 radical (unpaired) electrons. The zero-order valence-corrected chi connectivity index (χ0v) is 10.7. The fourth-order valence-corrected chi connectivity index (χ4v) is 1.66. The Labute approximate surface area is 113 Å². The van der Waals surface area contributed by atoms with Crippen molar-refractivity contribution in [3.05, 3.63) is 28.8 Å². The molecule has 7 heteroatoms. The van der Waals surface area contributed by atoms with E-state index in [9.17, 15) is 13.6 Å². The molecule has 1 aromatic carbocycles. The quantitative estimate of drug-likeness (QED) is 0.617. The van der Waals surface area contributed by atoms with E-state index < -0.39 is 18.3 Å². The van der Waals surface area contributed by atoms with E-state index >= 15 is 0 Å². The van der Waals surface area contributed by atoms with E-state index in [0.29, 0.717) is 0 Å². The van der Waals surface area contributed by atoms with E-state index in [2.05, 4.69) is 4.74 Å². The number of hydrogen-bond acceptors (Lipinski definition) is 4. The second-order valence-electron chi connectivity index (χ2n) is 3.32. The Kier molecular flexibility index (Phi) is 5.52. The molecule has 102 valence electrons. The molecule has 0 aliphatic rings. The zero-order valence-electron chi connectivity index (χ0n) is 9.95. The summed E-state index contributed by atoms with van der Waals surface area (Å²) in [6.45, 7) is -1.42. The average molecular weight is 290 g/mol. The molecule has 1 aromatic rings. The maximum Gasteiger partial charge on any atom is 0.387 e. The van der Waals surface area contributed by atoms with Gasteiger partial charge in [-0.3, -0.25) is 0 Å². The first-order valence-electron chi connectivity index (χ1n) is 5.29. The molecule has 4 nitrogen and oxygen atoms in total. The highest BCUT2D eigenvalue weighted by Crippen LogP contribution is 2.30. The summed E-state index contributed by atoms with van der Waals surface area (Å²) in [5.41, 5.74) is -0.239. The Morgan fingerprint density at radius 1 is 1.53 bits per heavy atom. The van der Waals surface area contributed by atoms with Crippen LogP contribution in [0.4, 0.5) is 8.78 Å². The topological polar surface area (TPSA) is 59.3 Å². The van der Waals surface area contributed by atoms with Gasteiger partial charge in [0.25, 0.3) is 0 Å². The molecule has 0 atom stereocenters. The van der Waals surface area contributed by atoms with Crippen molar-refractivity contribution >= 4 is 17.6 Å². The van der Waals surface area contributed by atoms with Crippen LogP contribution in [0.25, 0.3) is 0 Å². The number of nitrogens with zero attached hydrogens (tertiary/aromatic N) is 1. The molecule has 0 N–H and O–H groups in total. The molecule has 0 heterocycles. The predicted molar refractivity (Wildman–Crippen MR) is 63.3 cm³/mol. The number of alkyl halides is 3. The third kappa shape index (κ3) is 3.55. The van der Waals surface area contributed by atoms with E-state index in [1.807, 2.05) is 0 Å². The monoisotopic (exact) mass is 289 g/mol. The second kappa shape index (κ2) is 6.90. The highest BCUT2D eigenvalue weighted by Gasteiger charge is 2.22. The lowest BCUT2D eigenvalue weighted by atomic mass is 10.0. The Hall–Kier alpha value is -1.87. The van der Waals surface area contributed by atoms with Crippen LogP contribution >= 0.6 is 11.6 Å². The fourth-order valence-electron chi connectivity index (χ4n) is 1.44. The van der Waals surface area contributed by atoms with Crippen molar-refractivity contribution in [2.75, 3.05) is 6.61 Å². The lowest BCUT2D eigenvalue weighted by Gasteiger charge is -2.13. The molecule has 0 fully saturated rings. The minimum atomic E-state index is -3.12. The summed E-state index contributed by atoms with van der Waals surface area (Å²) in [5.74, 6) is -1.29. The first kappa shape index (κ1) is 15.2. The van der Waals surface area contributed by atoms with Gasteiger partial charge in [-0.05, 0) is 13.0 Å². The summed E-state index contributed by atoms with van der Waals surface area (Å²) < 4.78 is 33.7. The van der Waals surface area contributed by atoms with Crippen molar-refractivity contribution < 1.29 is 23.0 Å². The maximum absolute atomic E-state index is 12.3. The van der Waals surface area contributed by atoms with Gasteiger partial charge in [0.15, 0.2) is 0 Å². The molecular weight excluding hydrogens is 280 g/mol. The molecule has 0 spiro atoms. The Bertz CT molecular complexity index is 514. The largest absolute Gasteiger partial charge is 0.462 e. The smallest absolute Gasteiger partial charge is 0.387 e. The van der Waals surface area contributed by atoms with Crippen molar-refractivity contribution in [3.63, 3.8) is 0 Å². The van der Waals surface area contributed by atoms with Crippen LogP contribution in [0, 0.1) is 11.3 Å². The third-order valence-corrected chi connectivity index (χ3v) is 2.49. The molecule has 0 unspecified atom stereocenters. The Morgan fingerprint density at radius 2 is 2.21 bits per heavy atom. The fraction of sp³-hybridized carbons (Fsp3) is 0.333. The Balaban J connectivity index is 3.36. The minimum absolute atomic E-state index is 0.103. The van der Waals surface area contributed by atoms with Gasteiger partial charge >= 0.3 is 12.6 Å². The minimum Gasteiger partial charge on any atom is -0.462 e. The van der Waals surface area contributed by atoms with Crippen LogP contribution < -0.4 is 4.74 Å². The van der Waals surface area contributed by atoms with Crippen molar-refractivity contribution in [2.24, 2.45) is 0 Å². The van der Waals surface area contributed by atoms with Crippen molar-refractivity contribution in [1.29, 1.82) is 5.26 Å². The van der Waals surface area contributed by atoms with Crippen molar-refractivity contribution in [3.8, 4) is 11.8 Å². The van der Waals surface area contributed by atoms with Gasteiger partial charge in [0.05, 0.1) is 18.1 Å². The van der Waals surface area contributed by atoms with Gasteiger partial charge < -0.3 is 9.47 Å². The standard InChI is InChI=1S/C12H10ClF2NO3/c1-2-18-11(17)8-4-3-7(5-13)10(9(8)6-16)19-12(14)15/h3-4,12H,2,5H2,1H3. The molecule has 0 bridgehead atoms. The van der Waals surface area contributed by atoms with Crippen LogP contribution in [0.15, 0.2) is 12.1 Å². The van der Waals surface area contributed by atoms with Gasteiger partial charge in [-0.25, -0.2) is 4.79 Å². The van der Waals surface area contributed by atoms with Crippen molar-refractivity contribution in [1.82, 2.24) is 0 Å². The molecular formula is C12H10ClF2NO3. The first-order valence-corrected chi connectivity index (χ1v) is 5.82. The SMILES string of the molecule is CCOC(=O)c1ccc(CCl)c(OC(F)F)c1C#N. The van der Waals surface area contributed by atoms with Crippen LogP contribution in [0.5, 0.6) is 5.75 Å². The van der Waals surface area contributed by atoms with Crippen LogP contribution in [-0.2, 0) is 10.6 Å². The first-order chi connectivity index (χ1) is 9.04.